The molecular weight excluding hydrogens is 434 g/mol. The van der Waals surface area contributed by atoms with Crippen LogP contribution >= 0.6 is 0 Å². The van der Waals surface area contributed by atoms with Gasteiger partial charge < -0.3 is 25.4 Å². The molecule has 2 amide bonds. The quantitative estimate of drug-likeness (QED) is 0.514. The minimum atomic E-state index is -1.19. The molecule has 0 aromatic heterocycles. The molecule has 8 nitrogen and oxygen atoms in total. The van der Waals surface area contributed by atoms with Crippen LogP contribution in [0.15, 0.2) is 66.7 Å². The van der Waals surface area contributed by atoms with E-state index in [0.29, 0.717) is 43.2 Å². The summed E-state index contributed by atoms with van der Waals surface area (Å²) in [5.41, 5.74) is 3.20. The maximum atomic E-state index is 13.3. The number of benzene rings is 3. The van der Waals surface area contributed by atoms with Crippen LogP contribution in [-0.4, -0.2) is 49.2 Å². The number of aromatic carboxylic acids is 1. The zero-order valence-corrected chi connectivity index (χ0v) is 18.7. The number of ether oxygens (including phenoxy) is 1. The molecule has 1 heterocycles. The summed E-state index contributed by atoms with van der Waals surface area (Å²) in [5, 5.41) is 15.0. The molecule has 4 rings (SSSR count). The van der Waals surface area contributed by atoms with Crippen molar-refractivity contribution in [2.75, 3.05) is 41.8 Å². The Bertz CT molecular complexity index is 1220. The Hall–Kier alpha value is -4.17. The van der Waals surface area contributed by atoms with Crippen LogP contribution in [0.2, 0.25) is 0 Å². The molecule has 0 aliphatic carbocycles. The second kappa shape index (κ2) is 10.2. The first kappa shape index (κ1) is 23.0. The number of amides is 2. The summed E-state index contributed by atoms with van der Waals surface area (Å²) >= 11 is 0. The number of carbonyl (C=O) groups is 3. The molecule has 3 aromatic rings. The minimum absolute atomic E-state index is 0.0397. The van der Waals surface area contributed by atoms with Crippen molar-refractivity contribution in [3.63, 3.8) is 0 Å². The smallest absolute Gasteiger partial charge is 0.336 e. The molecular formula is C26H25N3O5. The van der Waals surface area contributed by atoms with Crippen molar-refractivity contribution in [2.45, 2.75) is 6.92 Å². The van der Waals surface area contributed by atoms with Gasteiger partial charge in [-0.3, -0.25) is 9.59 Å². The van der Waals surface area contributed by atoms with Crippen LogP contribution in [0.4, 0.5) is 17.1 Å². The van der Waals surface area contributed by atoms with Gasteiger partial charge in [-0.05, 0) is 49.4 Å². The van der Waals surface area contributed by atoms with E-state index in [-0.39, 0.29) is 17.0 Å². The average Bonchev–Trinajstić information content (AvgIpc) is 2.86. The highest BCUT2D eigenvalue weighted by molar-refractivity contribution is 6.12. The fraction of sp³-hybridized carbons (Fsp3) is 0.192. The van der Waals surface area contributed by atoms with E-state index in [0.717, 1.165) is 11.3 Å². The Kier molecular flexibility index (Phi) is 6.89. The lowest BCUT2D eigenvalue weighted by Crippen LogP contribution is -2.37. The summed E-state index contributed by atoms with van der Waals surface area (Å²) < 4.78 is 5.44. The van der Waals surface area contributed by atoms with Crippen molar-refractivity contribution < 1.29 is 24.2 Å². The molecule has 1 aliphatic heterocycles. The number of carbonyl (C=O) groups excluding carboxylic acids is 2. The van der Waals surface area contributed by atoms with Gasteiger partial charge >= 0.3 is 5.97 Å². The van der Waals surface area contributed by atoms with Crippen LogP contribution < -0.4 is 15.5 Å². The van der Waals surface area contributed by atoms with Crippen LogP contribution in [0.1, 0.15) is 36.6 Å². The number of rotatable bonds is 6. The van der Waals surface area contributed by atoms with E-state index in [1.54, 1.807) is 30.3 Å². The number of anilines is 3. The van der Waals surface area contributed by atoms with Gasteiger partial charge in [0.15, 0.2) is 0 Å². The number of aryl methyl sites for hydroxylation is 1. The second-order valence-corrected chi connectivity index (χ2v) is 7.96. The average molecular weight is 460 g/mol. The monoisotopic (exact) mass is 459 g/mol. The van der Waals surface area contributed by atoms with Gasteiger partial charge in [-0.15, -0.1) is 0 Å². The SMILES string of the molecule is Cc1ccc(NC(=O)c2cc(NC(=O)c3ccccc3C(=O)O)ccc2N2CCOCC2)cc1. The number of nitrogens with one attached hydrogen (secondary N) is 2. The Morgan fingerprint density at radius 2 is 1.38 bits per heavy atom. The normalized spacial score (nSPS) is 13.3. The predicted octanol–water partition coefficient (Wildman–Crippen LogP) is 4.03. The minimum Gasteiger partial charge on any atom is -0.478 e. The van der Waals surface area contributed by atoms with Gasteiger partial charge in [0.2, 0.25) is 0 Å². The van der Waals surface area contributed by atoms with Gasteiger partial charge in [0, 0.05) is 30.2 Å². The van der Waals surface area contributed by atoms with E-state index in [9.17, 15) is 19.5 Å². The summed E-state index contributed by atoms with van der Waals surface area (Å²) in [6, 6.07) is 18.6. The molecule has 0 unspecified atom stereocenters. The molecule has 0 atom stereocenters. The molecule has 3 aromatic carbocycles. The van der Waals surface area contributed by atoms with Gasteiger partial charge in [-0.2, -0.15) is 0 Å². The van der Waals surface area contributed by atoms with Crippen molar-refractivity contribution in [1.82, 2.24) is 0 Å². The van der Waals surface area contributed by atoms with Crippen LogP contribution in [0, 0.1) is 6.92 Å². The van der Waals surface area contributed by atoms with Crippen molar-refractivity contribution in [3.05, 3.63) is 89.0 Å². The standard InChI is InChI=1S/C26H25N3O5/c1-17-6-8-18(9-7-17)27-25(31)22-16-19(10-11-23(22)29-12-14-34-15-13-29)28-24(30)20-4-2-3-5-21(20)26(32)33/h2-11,16H,12-15H2,1H3,(H,27,31)(H,28,30)(H,32,33). The first-order valence-corrected chi connectivity index (χ1v) is 10.9. The second-order valence-electron chi connectivity index (χ2n) is 7.96. The third-order valence-corrected chi connectivity index (χ3v) is 5.56. The van der Waals surface area contributed by atoms with Crippen molar-refractivity contribution >= 4 is 34.8 Å². The fourth-order valence-corrected chi connectivity index (χ4v) is 3.78. The van der Waals surface area contributed by atoms with Crippen LogP contribution in [-0.2, 0) is 4.74 Å². The van der Waals surface area contributed by atoms with Crippen LogP contribution in [0.5, 0.6) is 0 Å². The lowest BCUT2D eigenvalue weighted by molar-refractivity contribution is 0.0692. The molecule has 1 saturated heterocycles. The number of morpholine rings is 1. The molecule has 8 heteroatoms. The topological polar surface area (TPSA) is 108 Å². The molecule has 1 aliphatic rings. The summed E-state index contributed by atoms with van der Waals surface area (Å²) in [6.45, 7) is 4.37. The highest BCUT2D eigenvalue weighted by Gasteiger charge is 2.21. The van der Waals surface area contributed by atoms with E-state index >= 15 is 0 Å². The van der Waals surface area contributed by atoms with Gasteiger partial charge in [0.05, 0.1) is 29.9 Å². The number of carboxylic acids is 1. The maximum Gasteiger partial charge on any atom is 0.336 e. The first-order chi connectivity index (χ1) is 16.4. The number of carboxylic acid groups (broad SMARTS) is 1. The maximum absolute atomic E-state index is 13.3. The third-order valence-electron chi connectivity index (χ3n) is 5.56. The third kappa shape index (κ3) is 5.24. The molecule has 0 spiro atoms. The largest absolute Gasteiger partial charge is 0.478 e. The Morgan fingerprint density at radius 3 is 2.06 bits per heavy atom. The Labute approximate surface area is 197 Å². The summed E-state index contributed by atoms with van der Waals surface area (Å²) in [7, 11) is 0. The van der Waals surface area contributed by atoms with Crippen LogP contribution in [0.25, 0.3) is 0 Å². The molecule has 0 saturated carbocycles. The number of nitrogens with zero attached hydrogens (tertiary/aromatic N) is 1. The zero-order valence-electron chi connectivity index (χ0n) is 18.7. The highest BCUT2D eigenvalue weighted by Crippen LogP contribution is 2.27. The lowest BCUT2D eigenvalue weighted by Gasteiger charge is -2.30. The van der Waals surface area contributed by atoms with Gasteiger partial charge in [0.1, 0.15) is 0 Å². The van der Waals surface area contributed by atoms with Crippen molar-refractivity contribution in [1.29, 1.82) is 0 Å². The van der Waals surface area contributed by atoms with Gasteiger partial charge in [0.25, 0.3) is 11.8 Å². The predicted molar refractivity (Wildman–Crippen MR) is 130 cm³/mol. The van der Waals surface area contributed by atoms with E-state index in [1.807, 2.05) is 31.2 Å². The molecule has 174 valence electrons. The van der Waals surface area contributed by atoms with Crippen molar-refractivity contribution in [2.24, 2.45) is 0 Å². The van der Waals surface area contributed by atoms with Crippen molar-refractivity contribution in [3.8, 4) is 0 Å². The summed E-state index contributed by atoms with van der Waals surface area (Å²) in [4.78, 5) is 39.6. The van der Waals surface area contributed by atoms with E-state index < -0.39 is 11.9 Å². The Balaban J connectivity index is 1.64. The van der Waals surface area contributed by atoms with E-state index in [2.05, 4.69) is 15.5 Å². The molecule has 0 radical (unpaired) electrons. The number of hydrogen-bond donors (Lipinski definition) is 3. The molecule has 3 N–H and O–H groups in total. The zero-order chi connectivity index (χ0) is 24.1. The van der Waals surface area contributed by atoms with E-state index in [1.165, 1.54) is 12.1 Å². The first-order valence-electron chi connectivity index (χ1n) is 10.9. The number of hydrogen-bond acceptors (Lipinski definition) is 5. The molecule has 0 bridgehead atoms. The van der Waals surface area contributed by atoms with E-state index in [4.69, 9.17) is 4.74 Å². The van der Waals surface area contributed by atoms with Gasteiger partial charge in [-0.1, -0.05) is 29.8 Å². The summed E-state index contributed by atoms with van der Waals surface area (Å²) in [5.74, 6) is -2.07. The lowest BCUT2D eigenvalue weighted by atomic mass is 10.1. The molecule has 34 heavy (non-hydrogen) atoms. The van der Waals surface area contributed by atoms with Crippen LogP contribution in [0.3, 0.4) is 0 Å². The molecule has 1 fully saturated rings. The summed E-state index contributed by atoms with van der Waals surface area (Å²) in [6.07, 6.45) is 0. The van der Waals surface area contributed by atoms with Gasteiger partial charge in [-0.25, -0.2) is 4.79 Å². The Morgan fingerprint density at radius 1 is 0.794 bits per heavy atom. The fourth-order valence-electron chi connectivity index (χ4n) is 3.78. The highest BCUT2D eigenvalue weighted by atomic mass is 16.5.